The number of carbonyl (C=O) groups is 2. The topological polar surface area (TPSA) is 96.0 Å². The van der Waals surface area contributed by atoms with Crippen LogP contribution in [-0.2, 0) is 19.6 Å². The highest BCUT2D eigenvalue weighted by Crippen LogP contribution is 2.36. The highest BCUT2D eigenvalue weighted by Gasteiger charge is 2.51. The highest BCUT2D eigenvalue weighted by atomic mass is 32.2. The van der Waals surface area contributed by atoms with E-state index in [1.165, 1.54) is 12.0 Å². The third kappa shape index (κ3) is 4.40. The number of amides is 2. The molecule has 0 radical (unpaired) electrons. The van der Waals surface area contributed by atoms with Crippen molar-refractivity contribution >= 4 is 27.5 Å². The monoisotopic (exact) mass is 423 g/mol. The Labute approximate surface area is 172 Å². The molecule has 0 aromatic heterocycles. The number of hydrogen-bond donors (Lipinski definition) is 1. The van der Waals surface area contributed by atoms with Gasteiger partial charge in [-0.1, -0.05) is 31.4 Å². The molecule has 160 valence electrons. The standard InChI is InChI=1S/C20H29N3O5S/c1-20(19(25)21-15-9-5-4-6-10-15)14-22(29(3,26)27)13-18(24)23(20)16-11-7-8-12-17(16)28-2/h7-8,11-12,15H,4-6,9-10,13-14H2,1-3H3,(H,21,25). The molecular formula is C20H29N3O5S. The summed E-state index contributed by atoms with van der Waals surface area (Å²) < 4.78 is 30.9. The normalized spacial score (nSPS) is 24.4. The Morgan fingerprint density at radius 2 is 1.86 bits per heavy atom. The number of piperazine rings is 1. The molecule has 1 heterocycles. The smallest absolute Gasteiger partial charge is 0.247 e. The van der Waals surface area contributed by atoms with Crippen molar-refractivity contribution in [2.24, 2.45) is 0 Å². The van der Waals surface area contributed by atoms with Crippen LogP contribution in [-0.4, -0.2) is 62.6 Å². The molecule has 1 atom stereocenters. The molecule has 2 amide bonds. The minimum absolute atomic E-state index is 0.0382. The third-order valence-corrected chi connectivity index (χ3v) is 6.96. The Hall–Kier alpha value is -2.13. The molecule has 9 heteroatoms. The van der Waals surface area contributed by atoms with Gasteiger partial charge < -0.3 is 10.1 Å². The van der Waals surface area contributed by atoms with Crippen LogP contribution in [0.2, 0.25) is 0 Å². The Balaban J connectivity index is 2.01. The molecule has 0 spiro atoms. The SMILES string of the molecule is COc1ccccc1N1C(=O)CN(S(C)(=O)=O)CC1(C)C(=O)NC1CCCCC1. The summed E-state index contributed by atoms with van der Waals surface area (Å²) in [6.07, 6.45) is 6.08. The molecule has 29 heavy (non-hydrogen) atoms. The highest BCUT2D eigenvalue weighted by molar-refractivity contribution is 7.88. The summed E-state index contributed by atoms with van der Waals surface area (Å²) in [5, 5.41) is 3.06. The number of ether oxygens (including phenoxy) is 1. The maximum absolute atomic E-state index is 13.4. The van der Waals surface area contributed by atoms with E-state index in [2.05, 4.69) is 5.32 Å². The van der Waals surface area contributed by atoms with Gasteiger partial charge in [-0.2, -0.15) is 4.31 Å². The molecule has 1 aliphatic carbocycles. The Morgan fingerprint density at radius 3 is 2.48 bits per heavy atom. The first-order chi connectivity index (χ1) is 13.7. The lowest BCUT2D eigenvalue weighted by Crippen LogP contribution is -2.70. The lowest BCUT2D eigenvalue weighted by atomic mass is 9.91. The molecular weight excluding hydrogens is 394 g/mol. The average molecular weight is 424 g/mol. The maximum Gasteiger partial charge on any atom is 0.247 e. The third-order valence-electron chi connectivity index (χ3n) is 5.76. The van der Waals surface area contributed by atoms with E-state index in [9.17, 15) is 18.0 Å². The first kappa shape index (κ1) is 21.6. The zero-order valence-electron chi connectivity index (χ0n) is 17.2. The van der Waals surface area contributed by atoms with Crippen LogP contribution < -0.4 is 15.0 Å². The van der Waals surface area contributed by atoms with E-state index in [4.69, 9.17) is 4.74 Å². The molecule has 8 nitrogen and oxygen atoms in total. The molecule has 1 aliphatic heterocycles. The Bertz CT molecular complexity index is 882. The van der Waals surface area contributed by atoms with E-state index in [-0.39, 0.29) is 25.0 Å². The maximum atomic E-state index is 13.4. The van der Waals surface area contributed by atoms with Crippen LogP contribution in [0, 0.1) is 0 Å². The molecule has 2 fully saturated rings. The van der Waals surface area contributed by atoms with Crippen molar-refractivity contribution in [1.82, 2.24) is 9.62 Å². The van der Waals surface area contributed by atoms with Gasteiger partial charge in [-0.25, -0.2) is 8.42 Å². The van der Waals surface area contributed by atoms with Gasteiger partial charge in [0.1, 0.15) is 11.3 Å². The van der Waals surface area contributed by atoms with Gasteiger partial charge in [-0.3, -0.25) is 14.5 Å². The van der Waals surface area contributed by atoms with E-state index in [1.54, 1.807) is 31.2 Å². The lowest BCUT2D eigenvalue weighted by molar-refractivity contribution is -0.133. The fourth-order valence-corrected chi connectivity index (χ4v) is 5.01. The van der Waals surface area contributed by atoms with Crippen LogP contribution >= 0.6 is 0 Å². The van der Waals surface area contributed by atoms with E-state index in [0.717, 1.165) is 42.7 Å². The minimum Gasteiger partial charge on any atom is -0.495 e. The fraction of sp³-hybridized carbons (Fsp3) is 0.600. The summed E-state index contributed by atoms with van der Waals surface area (Å²) in [5.74, 6) is -0.366. The fourth-order valence-electron chi connectivity index (χ4n) is 4.18. The van der Waals surface area contributed by atoms with Crippen LogP contribution in [0.5, 0.6) is 5.75 Å². The molecule has 3 rings (SSSR count). The number of anilines is 1. The molecule has 1 aromatic rings. The zero-order chi connectivity index (χ0) is 21.2. The van der Waals surface area contributed by atoms with Crippen LogP contribution in [0.15, 0.2) is 24.3 Å². The Morgan fingerprint density at radius 1 is 1.21 bits per heavy atom. The second-order valence-corrected chi connectivity index (χ2v) is 10.00. The van der Waals surface area contributed by atoms with Crippen molar-refractivity contribution < 1.29 is 22.7 Å². The summed E-state index contributed by atoms with van der Waals surface area (Å²) in [6.45, 7) is 1.18. The van der Waals surface area contributed by atoms with E-state index >= 15 is 0 Å². The largest absolute Gasteiger partial charge is 0.495 e. The average Bonchev–Trinajstić information content (AvgIpc) is 2.68. The van der Waals surface area contributed by atoms with E-state index < -0.39 is 21.5 Å². The van der Waals surface area contributed by atoms with Crippen LogP contribution in [0.1, 0.15) is 39.0 Å². The predicted molar refractivity (Wildman–Crippen MR) is 110 cm³/mol. The summed E-state index contributed by atoms with van der Waals surface area (Å²) >= 11 is 0. The van der Waals surface area contributed by atoms with E-state index in [1.807, 2.05) is 0 Å². The van der Waals surface area contributed by atoms with Gasteiger partial charge in [-0.05, 0) is 31.9 Å². The van der Waals surface area contributed by atoms with Gasteiger partial charge in [0.15, 0.2) is 0 Å². The summed E-state index contributed by atoms with van der Waals surface area (Å²) in [7, 11) is -2.15. The molecule has 1 aromatic carbocycles. The number of carbonyl (C=O) groups excluding carboxylic acids is 2. The van der Waals surface area contributed by atoms with Crippen LogP contribution in [0.4, 0.5) is 5.69 Å². The number of sulfonamides is 1. The van der Waals surface area contributed by atoms with Crippen LogP contribution in [0.25, 0.3) is 0 Å². The second-order valence-electron chi connectivity index (χ2n) is 8.01. The predicted octanol–water partition coefficient (Wildman–Crippen LogP) is 1.51. The van der Waals surface area contributed by atoms with Gasteiger partial charge in [0.25, 0.3) is 0 Å². The number of para-hydroxylation sites is 2. The first-order valence-corrected chi connectivity index (χ1v) is 11.7. The first-order valence-electron chi connectivity index (χ1n) is 9.89. The van der Waals surface area contributed by atoms with Crippen LogP contribution in [0.3, 0.4) is 0 Å². The number of methoxy groups -OCH3 is 1. The second kappa shape index (κ2) is 8.31. The van der Waals surface area contributed by atoms with Gasteiger partial charge >= 0.3 is 0 Å². The Kier molecular flexibility index (Phi) is 6.19. The van der Waals surface area contributed by atoms with Gasteiger partial charge in [0.05, 0.1) is 25.6 Å². The van der Waals surface area contributed by atoms with Gasteiger partial charge in [-0.15, -0.1) is 0 Å². The van der Waals surface area contributed by atoms with Crippen molar-refractivity contribution in [3.8, 4) is 5.75 Å². The summed E-state index contributed by atoms with van der Waals surface area (Å²) in [4.78, 5) is 27.9. The molecule has 2 aliphatic rings. The number of rotatable bonds is 5. The molecule has 1 unspecified atom stereocenters. The molecule has 1 saturated heterocycles. The number of hydrogen-bond acceptors (Lipinski definition) is 5. The molecule has 0 bridgehead atoms. The number of nitrogens with one attached hydrogen (secondary N) is 1. The molecule has 1 N–H and O–H groups in total. The van der Waals surface area contributed by atoms with Gasteiger partial charge in [0.2, 0.25) is 21.8 Å². The summed E-state index contributed by atoms with van der Waals surface area (Å²) in [6, 6.07) is 6.99. The zero-order valence-corrected chi connectivity index (χ0v) is 18.0. The summed E-state index contributed by atoms with van der Waals surface area (Å²) in [5.41, 5.74) is -0.945. The van der Waals surface area contributed by atoms with Crippen molar-refractivity contribution in [1.29, 1.82) is 0 Å². The van der Waals surface area contributed by atoms with Crippen molar-refractivity contribution in [3.63, 3.8) is 0 Å². The number of benzene rings is 1. The molecule has 1 saturated carbocycles. The van der Waals surface area contributed by atoms with E-state index in [0.29, 0.717) is 11.4 Å². The quantitative estimate of drug-likeness (QED) is 0.775. The lowest BCUT2D eigenvalue weighted by Gasteiger charge is -2.47. The van der Waals surface area contributed by atoms with Crippen molar-refractivity contribution in [2.75, 3.05) is 31.4 Å². The van der Waals surface area contributed by atoms with Crippen molar-refractivity contribution in [2.45, 2.75) is 50.6 Å². The minimum atomic E-state index is -3.64. The number of nitrogens with zero attached hydrogens (tertiary/aromatic N) is 2. The van der Waals surface area contributed by atoms with Gasteiger partial charge in [0, 0.05) is 12.6 Å². The van der Waals surface area contributed by atoms with Crippen molar-refractivity contribution in [3.05, 3.63) is 24.3 Å².